The second-order valence-electron chi connectivity index (χ2n) is 9.60. The summed E-state index contributed by atoms with van der Waals surface area (Å²) in [6, 6.07) is 18.3. The van der Waals surface area contributed by atoms with Crippen LogP contribution in [0.15, 0.2) is 64.3 Å². The first-order valence-electron chi connectivity index (χ1n) is 13.0. The van der Waals surface area contributed by atoms with Crippen LogP contribution in [0, 0.1) is 24.1 Å². The number of benzene rings is 2. The third-order valence-electron chi connectivity index (χ3n) is 7.27. The lowest BCUT2D eigenvalue weighted by Gasteiger charge is -2.39. The van der Waals surface area contributed by atoms with Crippen molar-refractivity contribution in [3.63, 3.8) is 0 Å². The number of halogens is 1. The van der Waals surface area contributed by atoms with E-state index in [0.717, 1.165) is 24.3 Å². The largest absolute Gasteiger partial charge is 0.368 e. The van der Waals surface area contributed by atoms with Crippen molar-refractivity contribution in [2.75, 3.05) is 36.0 Å². The molecule has 0 saturated carbocycles. The number of hydrogen-bond acceptors (Lipinski definition) is 7. The number of para-hydroxylation sites is 1. The number of thiocarbonyl (C=S) groups is 1. The number of rotatable bonds is 6. The highest BCUT2D eigenvalue weighted by atomic mass is 32.2. The van der Waals surface area contributed by atoms with Crippen molar-refractivity contribution in [3.05, 3.63) is 97.9 Å². The van der Waals surface area contributed by atoms with E-state index >= 15 is 0 Å². The van der Waals surface area contributed by atoms with Gasteiger partial charge in [-0.15, -0.1) is 0 Å². The molecule has 2 saturated heterocycles. The Labute approximate surface area is 242 Å². The fourth-order valence-electron chi connectivity index (χ4n) is 5.13. The summed E-state index contributed by atoms with van der Waals surface area (Å²) in [4.78, 5) is 33.2. The van der Waals surface area contributed by atoms with Gasteiger partial charge in [0, 0.05) is 44.0 Å². The Morgan fingerprint density at radius 3 is 2.30 bits per heavy atom. The topological polar surface area (TPSA) is 72.6 Å². The van der Waals surface area contributed by atoms with E-state index in [-0.39, 0.29) is 29.4 Å². The molecule has 0 bridgehead atoms. The van der Waals surface area contributed by atoms with Gasteiger partial charge >= 0.3 is 0 Å². The summed E-state index contributed by atoms with van der Waals surface area (Å²) in [5.41, 5.74) is 2.87. The first kappa shape index (κ1) is 27.6. The Balaban J connectivity index is 1.51. The third kappa shape index (κ3) is 5.27. The minimum atomic E-state index is -0.346. The monoisotopic (exact) mass is 573 g/mol. The van der Waals surface area contributed by atoms with E-state index in [1.54, 1.807) is 29.7 Å². The number of pyridine rings is 1. The summed E-state index contributed by atoms with van der Waals surface area (Å²) in [6.45, 7) is 7.13. The summed E-state index contributed by atoms with van der Waals surface area (Å²) in [5, 5.41) is 9.85. The fourth-order valence-corrected chi connectivity index (χ4v) is 6.37. The zero-order chi connectivity index (χ0) is 28.4. The predicted octanol–water partition coefficient (Wildman–Crippen LogP) is 4.92. The van der Waals surface area contributed by atoms with E-state index < -0.39 is 0 Å². The Kier molecular flexibility index (Phi) is 8.05. The maximum atomic E-state index is 13.5. The molecule has 0 spiro atoms. The van der Waals surface area contributed by atoms with Crippen molar-refractivity contribution in [2.24, 2.45) is 0 Å². The first-order valence-corrected chi connectivity index (χ1v) is 14.3. The lowest BCUT2D eigenvalue weighted by Crippen LogP contribution is -2.48. The molecule has 0 N–H and O–H groups in total. The van der Waals surface area contributed by atoms with Crippen LogP contribution in [0.25, 0.3) is 6.08 Å². The number of piperazine rings is 1. The van der Waals surface area contributed by atoms with Crippen LogP contribution in [0.1, 0.15) is 29.2 Å². The Bertz CT molecular complexity index is 1590. The number of amides is 1. The average molecular weight is 574 g/mol. The van der Waals surface area contributed by atoms with Crippen LogP contribution >= 0.6 is 24.0 Å². The quantitative estimate of drug-likeness (QED) is 0.306. The molecule has 5 rings (SSSR count). The van der Waals surface area contributed by atoms with Gasteiger partial charge in [0.25, 0.3) is 11.5 Å². The van der Waals surface area contributed by atoms with Gasteiger partial charge in [-0.2, -0.15) is 5.26 Å². The highest BCUT2D eigenvalue weighted by Gasteiger charge is 2.33. The van der Waals surface area contributed by atoms with Crippen LogP contribution in [0.3, 0.4) is 0 Å². The van der Waals surface area contributed by atoms with Crippen LogP contribution in [-0.2, 0) is 17.9 Å². The second kappa shape index (κ2) is 11.7. The molecule has 2 fully saturated rings. The van der Waals surface area contributed by atoms with Crippen molar-refractivity contribution in [1.82, 2.24) is 9.47 Å². The predicted molar refractivity (Wildman–Crippen MR) is 162 cm³/mol. The van der Waals surface area contributed by atoms with E-state index in [4.69, 9.17) is 12.2 Å². The van der Waals surface area contributed by atoms with E-state index in [1.807, 2.05) is 25.1 Å². The molecule has 0 aliphatic carbocycles. The Hall–Kier alpha value is -3.94. The molecule has 2 aliphatic heterocycles. The number of nitrogens with zero attached hydrogens (tertiary/aromatic N) is 5. The number of nitriles is 1. The molecule has 1 amide bonds. The van der Waals surface area contributed by atoms with Gasteiger partial charge in [-0.25, -0.2) is 4.39 Å². The first-order chi connectivity index (χ1) is 19.3. The van der Waals surface area contributed by atoms with Crippen molar-refractivity contribution in [1.29, 1.82) is 5.26 Å². The average Bonchev–Trinajstić information content (AvgIpc) is 3.23. The molecule has 2 aliphatic rings. The number of hydrogen-bond donors (Lipinski definition) is 0. The molecule has 10 heteroatoms. The van der Waals surface area contributed by atoms with Crippen LogP contribution in [0.4, 0.5) is 15.9 Å². The number of aromatic nitrogens is 1. The van der Waals surface area contributed by atoms with Crippen molar-refractivity contribution in [2.45, 2.75) is 26.9 Å². The summed E-state index contributed by atoms with van der Waals surface area (Å²) in [6.07, 6.45) is 1.77. The van der Waals surface area contributed by atoms with E-state index in [1.165, 1.54) is 28.8 Å². The number of anilines is 2. The fraction of sp³-hybridized carbons (Fsp3) is 0.267. The maximum Gasteiger partial charge on any atom is 0.270 e. The zero-order valence-corrected chi connectivity index (χ0v) is 23.9. The highest BCUT2D eigenvalue weighted by molar-refractivity contribution is 8.26. The van der Waals surface area contributed by atoms with Gasteiger partial charge < -0.3 is 9.80 Å². The Morgan fingerprint density at radius 1 is 1.02 bits per heavy atom. The van der Waals surface area contributed by atoms with Crippen LogP contribution in [-0.4, -0.2) is 45.9 Å². The van der Waals surface area contributed by atoms with Gasteiger partial charge in [0.1, 0.15) is 27.6 Å². The molecular weight excluding hydrogens is 545 g/mol. The van der Waals surface area contributed by atoms with Crippen LogP contribution < -0.4 is 15.4 Å². The van der Waals surface area contributed by atoms with Gasteiger partial charge in [0.05, 0.1) is 11.4 Å². The van der Waals surface area contributed by atoms with E-state index in [2.05, 4.69) is 28.0 Å². The summed E-state index contributed by atoms with van der Waals surface area (Å²) >= 11 is 6.72. The van der Waals surface area contributed by atoms with Gasteiger partial charge in [0.2, 0.25) is 0 Å². The minimum Gasteiger partial charge on any atom is -0.368 e. The molecule has 0 unspecified atom stereocenters. The molecule has 0 atom stereocenters. The molecule has 3 aromatic rings. The highest BCUT2D eigenvalue weighted by Crippen LogP contribution is 2.37. The van der Waals surface area contributed by atoms with Crippen LogP contribution in [0.2, 0.25) is 0 Å². The van der Waals surface area contributed by atoms with Gasteiger partial charge in [0.15, 0.2) is 0 Å². The third-order valence-corrected chi connectivity index (χ3v) is 8.64. The van der Waals surface area contributed by atoms with E-state index in [0.29, 0.717) is 45.8 Å². The van der Waals surface area contributed by atoms with Crippen molar-refractivity contribution < 1.29 is 9.18 Å². The van der Waals surface area contributed by atoms with Gasteiger partial charge in [-0.3, -0.25) is 19.1 Å². The molecule has 3 heterocycles. The van der Waals surface area contributed by atoms with E-state index in [9.17, 15) is 19.2 Å². The number of carbonyl (C=O) groups excluding carboxylic acids is 1. The number of thioether (sulfide) groups is 1. The maximum absolute atomic E-state index is 13.5. The van der Waals surface area contributed by atoms with Crippen molar-refractivity contribution in [3.8, 4) is 6.07 Å². The molecule has 2 aromatic carbocycles. The van der Waals surface area contributed by atoms with Crippen LogP contribution in [0.5, 0.6) is 0 Å². The standard InChI is InChI=1S/C30H28FN5O2S2/c1-3-35-27(34-15-13-33(14-16-34)23-7-5-4-6-8-23)24(20(2)25(18-32)28(35)37)17-26-29(38)36(30(39)40-26)19-21-9-11-22(31)12-10-21/h4-12,17H,3,13-16,19H2,1-2H3/b26-17-. The van der Waals surface area contributed by atoms with Crippen molar-refractivity contribution >= 4 is 51.8 Å². The Morgan fingerprint density at radius 2 is 1.68 bits per heavy atom. The summed E-state index contributed by atoms with van der Waals surface area (Å²) < 4.78 is 15.4. The zero-order valence-electron chi connectivity index (χ0n) is 22.3. The van der Waals surface area contributed by atoms with Gasteiger partial charge in [-0.05, 0) is 55.3 Å². The lowest BCUT2D eigenvalue weighted by atomic mass is 10.0. The second-order valence-corrected chi connectivity index (χ2v) is 11.3. The summed E-state index contributed by atoms with van der Waals surface area (Å²) in [7, 11) is 0. The molecule has 40 heavy (non-hydrogen) atoms. The minimum absolute atomic E-state index is 0.0709. The van der Waals surface area contributed by atoms with Gasteiger partial charge in [-0.1, -0.05) is 54.3 Å². The molecule has 7 nitrogen and oxygen atoms in total. The molecule has 1 aromatic heterocycles. The number of carbonyl (C=O) groups is 1. The normalized spacial score (nSPS) is 16.6. The molecule has 0 radical (unpaired) electrons. The molecular formula is C30H28FN5O2S2. The summed E-state index contributed by atoms with van der Waals surface area (Å²) in [5.74, 6) is 0.104. The SMILES string of the molecule is CCn1c(N2CCN(c3ccccc3)CC2)c(/C=C2\SC(=S)N(Cc3ccc(F)cc3)C2=O)c(C)c(C#N)c1=O. The lowest BCUT2D eigenvalue weighted by molar-refractivity contribution is -0.122. The molecule has 204 valence electrons. The smallest absolute Gasteiger partial charge is 0.270 e.